The minimum atomic E-state index is -0.0774. The summed E-state index contributed by atoms with van der Waals surface area (Å²) in [5.41, 5.74) is 2.19. The van der Waals surface area contributed by atoms with Gasteiger partial charge in [0.1, 0.15) is 6.04 Å². The zero-order chi connectivity index (χ0) is 15.0. The van der Waals surface area contributed by atoms with Crippen molar-refractivity contribution in [3.8, 4) is 0 Å². The van der Waals surface area contributed by atoms with E-state index in [1.807, 2.05) is 18.0 Å². The highest BCUT2D eigenvalue weighted by Gasteiger charge is 2.32. The van der Waals surface area contributed by atoms with Gasteiger partial charge in [0.05, 0.1) is 0 Å². The Morgan fingerprint density at radius 3 is 2.90 bits per heavy atom. The van der Waals surface area contributed by atoms with Crippen molar-refractivity contribution in [2.45, 2.75) is 19.0 Å². The molecule has 1 amide bonds. The second kappa shape index (κ2) is 6.13. The van der Waals surface area contributed by atoms with E-state index in [1.165, 1.54) is 0 Å². The van der Waals surface area contributed by atoms with Crippen LogP contribution in [0.25, 0.3) is 0 Å². The highest BCUT2D eigenvalue weighted by atomic mass is 35.5. The summed E-state index contributed by atoms with van der Waals surface area (Å²) in [7, 11) is 2.01. The summed E-state index contributed by atoms with van der Waals surface area (Å²) in [6.45, 7) is 3.86. The van der Waals surface area contributed by atoms with Gasteiger partial charge < -0.3 is 10.2 Å². The number of halogens is 2. The second-order valence-electron chi connectivity index (χ2n) is 5.74. The number of amides is 1. The number of nitrogens with zero attached hydrogens (tertiary/aromatic N) is 2. The maximum Gasteiger partial charge on any atom is 0.241 e. The Kier molecular flexibility index (Phi) is 4.41. The maximum absolute atomic E-state index is 12.7. The third kappa shape index (κ3) is 3.04. The van der Waals surface area contributed by atoms with E-state index in [2.05, 4.69) is 10.2 Å². The van der Waals surface area contributed by atoms with Gasteiger partial charge in [0, 0.05) is 42.8 Å². The van der Waals surface area contributed by atoms with Crippen molar-refractivity contribution in [2.75, 3.05) is 33.2 Å². The standard InChI is InChI=1S/C15H19Cl2N3O/c1-19-5-3-18-8-14(19)15(21)20-4-2-10-6-11(16)7-13(17)12(10)9-20/h6-7,14,18H,2-5,8-9H2,1H3. The van der Waals surface area contributed by atoms with Crippen molar-refractivity contribution in [2.24, 2.45) is 0 Å². The average Bonchev–Trinajstić information content (AvgIpc) is 2.46. The zero-order valence-corrected chi connectivity index (χ0v) is 13.5. The number of rotatable bonds is 1. The molecule has 1 atom stereocenters. The van der Waals surface area contributed by atoms with Crippen molar-refractivity contribution in [1.82, 2.24) is 15.1 Å². The largest absolute Gasteiger partial charge is 0.337 e. The minimum absolute atomic E-state index is 0.0774. The lowest BCUT2D eigenvalue weighted by molar-refractivity contribution is -0.138. The summed E-state index contributed by atoms with van der Waals surface area (Å²) < 4.78 is 0. The van der Waals surface area contributed by atoms with Crippen molar-refractivity contribution >= 4 is 29.1 Å². The molecule has 114 valence electrons. The molecule has 2 heterocycles. The van der Waals surface area contributed by atoms with Crippen LogP contribution in [0.4, 0.5) is 0 Å². The van der Waals surface area contributed by atoms with Crippen molar-refractivity contribution < 1.29 is 4.79 Å². The molecule has 1 N–H and O–H groups in total. The monoisotopic (exact) mass is 327 g/mol. The molecule has 4 nitrogen and oxygen atoms in total. The molecule has 1 aromatic carbocycles. The molecular weight excluding hydrogens is 309 g/mol. The fourth-order valence-electron chi connectivity index (χ4n) is 3.06. The predicted molar refractivity (Wildman–Crippen MR) is 84.9 cm³/mol. The first-order chi connectivity index (χ1) is 10.1. The molecule has 1 unspecified atom stereocenters. The quantitative estimate of drug-likeness (QED) is 0.854. The SMILES string of the molecule is CN1CCNCC1C(=O)N1CCc2cc(Cl)cc(Cl)c2C1. The number of carbonyl (C=O) groups is 1. The molecule has 6 heteroatoms. The third-order valence-electron chi connectivity index (χ3n) is 4.36. The minimum Gasteiger partial charge on any atom is -0.337 e. The van der Waals surface area contributed by atoms with Crippen LogP contribution in [0.15, 0.2) is 12.1 Å². The molecule has 2 aliphatic heterocycles. The van der Waals surface area contributed by atoms with Gasteiger partial charge in [-0.25, -0.2) is 0 Å². The Bertz CT molecular complexity index is 564. The second-order valence-corrected chi connectivity index (χ2v) is 6.58. The summed E-state index contributed by atoms with van der Waals surface area (Å²) in [6, 6.07) is 3.63. The summed E-state index contributed by atoms with van der Waals surface area (Å²) >= 11 is 12.3. The highest BCUT2D eigenvalue weighted by molar-refractivity contribution is 6.35. The van der Waals surface area contributed by atoms with Gasteiger partial charge in [0.15, 0.2) is 0 Å². The first-order valence-corrected chi connectivity index (χ1v) is 7.98. The van der Waals surface area contributed by atoms with E-state index in [0.717, 1.165) is 37.2 Å². The predicted octanol–water partition coefficient (Wildman–Crippen LogP) is 1.78. The number of hydrogen-bond donors (Lipinski definition) is 1. The summed E-state index contributed by atoms with van der Waals surface area (Å²) in [5, 5.41) is 4.61. The molecule has 0 spiro atoms. The lowest BCUT2D eigenvalue weighted by Gasteiger charge is -2.37. The molecule has 21 heavy (non-hydrogen) atoms. The van der Waals surface area contributed by atoms with Crippen LogP contribution in [0, 0.1) is 0 Å². The van der Waals surface area contributed by atoms with Crippen LogP contribution in [0.2, 0.25) is 10.0 Å². The first-order valence-electron chi connectivity index (χ1n) is 7.23. The van der Waals surface area contributed by atoms with Crippen molar-refractivity contribution in [1.29, 1.82) is 0 Å². The van der Waals surface area contributed by atoms with Crippen LogP contribution in [0.1, 0.15) is 11.1 Å². The van der Waals surface area contributed by atoms with E-state index in [0.29, 0.717) is 23.1 Å². The zero-order valence-electron chi connectivity index (χ0n) is 12.0. The summed E-state index contributed by atoms with van der Waals surface area (Å²) in [4.78, 5) is 16.8. The lowest BCUT2D eigenvalue weighted by Crippen LogP contribution is -2.57. The topological polar surface area (TPSA) is 35.6 Å². The van der Waals surface area contributed by atoms with E-state index in [4.69, 9.17) is 23.2 Å². The van der Waals surface area contributed by atoms with E-state index >= 15 is 0 Å². The maximum atomic E-state index is 12.7. The number of carbonyl (C=O) groups excluding carboxylic acids is 1. The van der Waals surface area contributed by atoms with Crippen LogP contribution < -0.4 is 5.32 Å². The van der Waals surface area contributed by atoms with E-state index in [-0.39, 0.29) is 11.9 Å². The van der Waals surface area contributed by atoms with Crippen LogP contribution in [0.3, 0.4) is 0 Å². The van der Waals surface area contributed by atoms with Gasteiger partial charge in [-0.05, 0) is 36.7 Å². The number of fused-ring (bicyclic) bond motifs is 1. The molecule has 2 aliphatic rings. The molecule has 0 aliphatic carbocycles. The molecule has 1 saturated heterocycles. The molecule has 0 radical (unpaired) electrons. The van der Waals surface area contributed by atoms with Gasteiger partial charge >= 0.3 is 0 Å². The Labute approximate surface area is 135 Å². The fourth-order valence-corrected chi connectivity index (χ4v) is 3.66. The van der Waals surface area contributed by atoms with Gasteiger partial charge in [0.25, 0.3) is 0 Å². The number of likely N-dealkylation sites (N-methyl/N-ethyl adjacent to an activating group) is 1. The number of nitrogens with one attached hydrogen (secondary N) is 1. The Balaban J connectivity index is 1.78. The first kappa shape index (κ1) is 15.1. The highest BCUT2D eigenvalue weighted by Crippen LogP contribution is 2.30. The Hall–Kier alpha value is -0.810. The molecule has 0 aromatic heterocycles. The van der Waals surface area contributed by atoms with Crippen LogP contribution in [0.5, 0.6) is 0 Å². The molecular formula is C15H19Cl2N3O. The Morgan fingerprint density at radius 1 is 1.33 bits per heavy atom. The molecule has 3 rings (SSSR count). The van der Waals surface area contributed by atoms with Gasteiger partial charge in [-0.1, -0.05) is 23.2 Å². The summed E-state index contributed by atoms with van der Waals surface area (Å²) in [5.74, 6) is 0.182. The molecule has 0 bridgehead atoms. The number of piperazine rings is 1. The van der Waals surface area contributed by atoms with Crippen LogP contribution in [-0.4, -0.2) is 55.0 Å². The molecule has 1 fully saturated rings. The molecule has 1 aromatic rings. The Morgan fingerprint density at radius 2 is 2.14 bits per heavy atom. The van der Waals surface area contributed by atoms with Crippen molar-refractivity contribution in [3.05, 3.63) is 33.3 Å². The van der Waals surface area contributed by atoms with Crippen LogP contribution >= 0.6 is 23.2 Å². The summed E-state index contributed by atoms with van der Waals surface area (Å²) in [6.07, 6.45) is 0.811. The smallest absolute Gasteiger partial charge is 0.241 e. The normalized spacial score (nSPS) is 23.0. The fraction of sp³-hybridized carbons (Fsp3) is 0.533. The van der Waals surface area contributed by atoms with Crippen molar-refractivity contribution in [3.63, 3.8) is 0 Å². The van der Waals surface area contributed by atoms with Gasteiger partial charge in [0.2, 0.25) is 5.91 Å². The molecule has 0 saturated carbocycles. The average molecular weight is 328 g/mol. The number of hydrogen-bond acceptors (Lipinski definition) is 3. The van der Waals surface area contributed by atoms with Gasteiger partial charge in [-0.3, -0.25) is 9.69 Å². The number of benzene rings is 1. The van der Waals surface area contributed by atoms with Gasteiger partial charge in [-0.15, -0.1) is 0 Å². The third-order valence-corrected chi connectivity index (χ3v) is 4.92. The van der Waals surface area contributed by atoms with Gasteiger partial charge in [-0.2, -0.15) is 0 Å². The van der Waals surface area contributed by atoms with E-state index in [1.54, 1.807) is 6.07 Å². The van der Waals surface area contributed by atoms with Crippen LogP contribution in [-0.2, 0) is 17.8 Å². The van der Waals surface area contributed by atoms with E-state index in [9.17, 15) is 4.79 Å². The van der Waals surface area contributed by atoms with E-state index < -0.39 is 0 Å². The lowest BCUT2D eigenvalue weighted by atomic mass is 9.99.